The number of allylic oxidation sites excluding steroid dienone is 4. The van der Waals surface area contributed by atoms with E-state index in [1.807, 2.05) is 18.2 Å². The number of Topliss-reactive ketones (excluding diaryl/α,β-unsaturated/α-hetero) is 2. The molecule has 2 aromatic rings. The van der Waals surface area contributed by atoms with Gasteiger partial charge in [-0.2, -0.15) is 0 Å². The van der Waals surface area contributed by atoms with Gasteiger partial charge in [0.2, 0.25) is 0 Å². The average Bonchev–Trinajstić information content (AvgIpc) is 2.64. The van der Waals surface area contributed by atoms with Gasteiger partial charge < -0.3 is 4.74 Å². The molecule has 0 N–H and O–H groups in total. The van der Waals surface area contributed by atoms with Gasteiger partial charge in [-0.1, -0.05) is 70.2 Å². The van der Waals surface area contributed by atoms with Crippen molar-refractivity contribution in [1.82, 2.24) is 0 Å². The molecule has 2 aliphatic carbocycles. The molecule has 0 fully saturated rings. The Morgan fingerprint density at radius 2 is 1.27 bits per heavy atom. The van der Waals surface area contributed by atoms with Crippen LogP contribution in [-0.2, 0) is 14.3 Å². The van der Waals surface area contributed by atoms with Gasteiger partial charge in [0.25, 0.3) is 0 Å². The molecule has 0 radical (unpaired) electrons. The number of ketones is 2. The topological polar surface area (TPSA) is 43.4 Å². The standard InChI is InChI=1S/C27H28O3/c1-26(2)12-19(28)24-21(14-26)30-22-15-27(3,4)13-20(29)25(22)23(24)18-11-7-9-16-8-5-6-10-17(16)18/h5-11,23H,12-15H2,1-4H3. The van der Waals surface area contributed by atoms with E-state index in [-0.39, 0.29) is 28.3 Å². The molecule has 0 saturated heterocycles. The summed E-state index contributed by atoms with van der Waals surface area (Å²) in [5, 5.41) is 2.22. The predicted octanol–water partition coefficient (Wildman–Crippen LogP) is 6.24. The first-order chi connectivity index (χ1) is 14.2. The van der Waals surface area contributed by atoms with Crippen molar-refractivity contribution in [2.75, 3.05) is 0 Å². The first-order valence-electron chi connectivity index (χ1n) is 10.8. The molecule has 3 aliphatic rings. The first kappa shape index (κ1) is 19.3. The van der Waals surface area contributed by atoms with Crippen molar-refractivity contribution >= 4 is 22.3 Å². The quantitative estimate of drug-likeness (QED) is 0.569. The number of rotatable bonds is 1. The minimum Gasteiger partial charge on any atom is -0.465 e. The van der Waals surface area contributed by atoms with Crippen molar-refractivity contribution in [1.29, 1.82) is 0 Å². The van der Waals surface area contributed by atoms with E-state index in [9.17, 15) is 9.59 Å². The van der Waals surface area contributed by atoms with Crippen molar-refractivity contribution in [2.45, 2.75) is 59.3 Å². The van der Waals surface area contributed by atoms with Crippen LogP contribution < -0.4 is 0 Å². The Morgan fingerprint density at radius 3 is 1.87 bits per heavy atom. The second-order valence-electron chi connectivity index (χ2n) is 10.7. The van der Waals surface area contributed by atoms with E-state index in [2.05, 4.69) is 52.0 Å². The summed E-state index contributed by atoms with van der Waals surface area (Å²) in [6.07, 6.45) is 2.42. The van der Waals surface area contributed by atoms with E-state index in [4.69, 9.17) is 4.74 Å². The SMILES string of the molecule is CC1(C)CC(=O)C2=C(C1)OC1=C(C(=O)CC(C)(C)C1)C2c1cccc2ccccc12. The van der Waals surface area contributed by atoms with Gasteiger partial charge in [-0.05, 0) is 27.2 Å². The van der Waals surface area contributed by atoms with Crippen LogP contribution >= 0.6 is 0 Å². The molecular weight excluding hydrogens is 372 g/mol. The zero-order chi connectivity index (χ0) is 21.3. The highest BCUT2D eigenvalue weighted by molar-refractivity contribution is 6.07. The molecule has 30 heavy (non-hydrogen) atoms. The fourth-order valence-corrected chi connectivity index (χ4v) is 5.49. The van der Waals surface area contributed by atoms with Gasteiger partial charge in [0, 0.05) is 42.7 Å². The Kier molecular flexibility index (Phi) is 4.12. The lowest BCUT2D eigenvalue weighted by Gasteiger charge is -2.43. The van der Waals surface area contributed by atoms with Crippen LogP contribution in [-0.4, -0.2) is 11.6 Å². The molecule has 0 spiro atoms. The van der Waals surface area contributed by atoms with Crippen LogP contribution in [0.3, 0.4) is 0 Å². The highest BCUT2D eigenvalue weighted by Gasteiger charge is 2.48. The largest absolute Gasteiger partial charge is 0.465 e. The Bertz CT molecular complexity index is 1100. The molecule has 3 heteroatoms. The van der Waals surface area contributed by atoms with Crippen molar-refractivity contribution in [2.24, 2.45) is 10.8 Å². The smallest absolute Gasteiger partial charge is 0.163 e. The van der Waals surface area contributed by atoms with Crippen LogP contribution in [0.4, 0.5) is 0 Å². The molecule has 1 heterocycles. The molecule has 1 aliphatic heterocycles. The van der Waals surface area contributed by atoms with Crippen LogP contribution in [0.1, 0.15) is 64.9 Å². The van der Waals surface area contributed by atoms with E-state index >= 15 is 0 Å². The highest BCUT2D eigenvalue weighted by atomic mass is 16.5. The fourth-order valence-electron chi connectivity index (χ4n) is 5.49. The molecule has 0 unspecified atom stereocenters. The van der Waals surface area contributed by atoms with Gasteiger partial charge in [-0.15, -0.1) is 0 Å². The van der Waals surface area contributed by atoms with Crippen molar-refractivity contribution in [3.8, 4) is 0 Å². The van der Waals surface area contributed by atoms with Gasteiger partial charge in [0.05, 0.1) is 0 Å². The van der Waals surface area contributed by atoms with Crippen molar-refractivity contribution in [3.63, 3.8) is 0 Å². The van der Waals surface area contributed by atoms with E-state index in [1.165, 1.54) is 0 Å². The van der Waals surface area contributed by atoms with Crippen molar-refractivity contribution in [3.05, 3.63) is 70.7 Å². The number of hydrogen-bond donors (Lipinski definition) is 0. The lowest BCUT2D eigenvalue weighted by Crippen LogP contribution is -2.37. The summed E-state index contributed by atoms with van der Waals surface area (Å²) in [6, 6.07) is 14.4. The summed E-state index contributed by atoms with van der Waals surface area (Å²) < 4.78 is 6.39. The zero-order valence-electron chi connectivity index (χ0n) is 18.2. The predicted molar refractivity (Wildman–Crippen MR) is 118 cm³/mol. The summed E-state index contributed by atoms with van der Waals surface area (Å²) in [5.41, 5.74) is 2.18. The van der Waals surface area contributed by atoms with Crippen LogP contribution in [0.5, 0.6) is 0 Å². The molecule has 0 atom stereocenters. The summed E-state index contributed by atoms with van der Waals surface area (Å²) >= 11 is 0. The number of hydrogen-bond acceptors (Lipinski definition) is 3. The monoisotopic (exact) mass is 400 g/mol. The Balaban J connectivity index is 1.78. The maximum atomic E-state index is 13.4. The average molecular weight is 401 g/mol. The maximum Gasteiger partial charge on any atom is 0.163 e. The number of carbonyl (C=O) groups excluding carboxylic acids is 2. The Hall–Kier alpha value is -2.68. The zero-order valence-corrected chi connectivity index (χ0v) is 18.2. The summed E-state index contributed by atoms with van der Waals surface area (Å²) in [5.74, 6) is 1.45. The third-order valence-electron chi connectivity index (χ3n) is 6.72. The molecule has 0 amide bonds. The lowest BCUT2D eigenvalue weighted by atomic mass is 9.65. The lowest BCUT2D eigenvalue weighted by molar-refractivity contribution is -0.120. The van der Waals surface area contributed by atoms with Gasteiger partial charge in [-0.25, -0.2) is 0 Å². The number of benzene rings is 2. The third-order valence-corrected chi connectivity index (χ3v) is 6.72. The van der Waals surface area contributed by atoms with Gasteiger partial charge in [0.15, 0.2) is 11.6 Å². The van der Waals surface area contributed by atoms with E-state index in [0.717, 1.165) is 40.7 Å². The van der Waals surface area contributed by atoms with Crippen LogP contribution in [0.2, 0.25) is 0 Å². The van der Waals surface area contributed by atoms with Gasteiger partial charge in [-0.3, -0.25) is 9.59 Å². The minimum absolute atomic E-state index is 0.114. The molecule has 3 nitrogen and oxygen atoms in total. The number of ether oxygens (including phenoxy) is 1. The van der Waals surface area contributed by atoms with Gasteiger partial charge in [0.1, 0.15) is 11.5 Å². The molecule has 0 saturated carbocycles. The Labute approximate surface area is 177 Å². The van der Waals surface area contributed by atoms with E-state index in [0.29, 0.717) is 24.0 Å². The van der Waals surface area contributed by atoms with Crippen LogP contribution in [0, 0.1) is 10.8 Å². The van der Waals surface area contributed by atoms with Crippen molar-refractivity contribution < 1.29 is 14.3 Å². The summed E-state index contributed by atoms with van der Waals surface area (Å²) in [4.78, 5) is 26.8. The molecule has 154 valence electrons. The third kappa shape index (κ3) is 3.03. The molecule has 5 rings (SSSR count). The number of carbonyl (C=O) groups is 2. The van der Waals surface area contributed by atoms with Crippen LogP contribution in [0.25, 0.3) is 10.8 Å². The van der Waals surface area contributed by atoms with E-state index in [1.54, 1.807) is 0 Å². The first-order valence-corrected chi connectivity index (χ1v) is 10.8. The molecule has 0 bridgehead atoms. The summed E-state index contributed by atoms with van der Waals surface area (Å²) in [7, 11) is 0. The molecular formula is C27H28O3. The maximum absolute atomic E-state index is 13.4. The summed E-state index contributed by atoms with van der Waals surface area (Å²) in [6.45, 7) is 8.46. The Morgan fingerprint density at radius 1 is 0.733 bits per heavy atom. The van der Waals surface area contributed by atoms with Crippen LogP contribution in [0.15, 0.2) is 65.1 Å². The van der Waals surface area contributed by atoms with E-state index < -0.39 is 0 Å². The second-order valence-corrected chi connectivity index (χ2v) is 10.7. The highest BCUT2D eigenvalue weighted by Crippen LogP contribution is 2.53. The number of fused-ring (bicyclic) bond motifs is 1. The second kappa shape index (κ2) is 6.41. The molecule has 0 aromatic heterocycles. The fraction of sp³-hybridized carbons (Fsp3) is 0.407. The minimum atomic E-state index is -0.331. The normalized spacial score (nSPS) is 23.3. The van der Waals surface area contributed by atoms with Gasteiger partial charge >= 0.3 is 0 Å². The molecule has 2 aromatic carbocycles.